The lowest BCUT2D eigenvalue weighted by Crippen LogP contribution is -1.96. The fourth-order valence-corrected chi connectivity index (χ4v) is 9.09. The first-order chi connectivity index (χ1) is 28.3. The van der Waals surface area contributed by atoms with Gasteiger partial charge in [-0.15, -0.1) is 0 Å². The van der Waals surface area contributed by atoms with Crippen molar-refractivity contribution in [3.63, 3.8) is 0 Å². The molecule has 0 aliphatic heterocycles. The molecule has 0 saturated carbocycles. The molecule has 0 aliphatic carbocycles. The Hall–Kier alpha value is -7.62. The molecular formula is C54H34N2O. The second-order valence-electron chi connectivity index (χ2n) is 14.9. The molecule has 0 bridgehead atoms. The minimum Gasteiger partial charge on any atom is -0.455 e. The predicted octanol–water partition coefficient (Wildman–Crippen LogP) is 14.8. The van der Waals surface area contributed by atoms with Crippen molar-refractivity contribution in [1.29, 1.82) is 0 Å². The molecule has 0 unspecified atom stereocenters. The van der Waals surface area contributed by atoms with Crippen LogP contribution < -0.4 is 0 Å². The van der Waals surface area contributed by atoms with Crippen molar-refractivity contribution in [2.45, 2.75) is 0 Å². The van der Waals surface area contributed by atoms with Crippen molar-refractivity contribution in [2.75, 3.05) is 0 Å². The van der Waals surface area contributed by atoms with Crippen molar-refractivity contribution in [1.82, 2.24) is 9.13 Å². The molecule has 3 nitrogen and oxygen atoms in total. The van der Waals surface area contributed by atoms with Gasteiger partial charge in [0.15, 0.2) is 0 Å². The molecule has 12 rings (SSSR count). The third-order valence-corrected chi connectivity index (χ3v) is 11.7. The lowest BCUT2D eigenvalue weighted by molar-refractivity contribution is 0.670. The Balaban J connectivity index is 1.06. The Labute approximate surface area is 328 Å². The van der Waals surface area contributed by atoms with Crippen LogP contribution in [0.25, 0.3) is 110 Å². The first-order valence-corrected chi connectivity index (χ1v) is 19.5. The zero-order valence-corrected chi connectivity index (χ0v) is 30.9. The molecule has 57 heavy (non-hydrogen) atoms. The van der Waals surface area contributed by atoms with Crippen molar-refractivity contribution < 1.29 is 4.42 Å². The van der Waals surface area contributed by atoms with Gasteiger partial charge < -0.3 is 13.6 Å². The summed E-state index contributed by atoms with van der Waals surface area (Å²) in [6.07, 6.45) is 0. The van der Waals surface area contributed by atoms with Gasteiger partial charge in [0.2, 0.25) is 0 Å². The molecule has 0 aliphatic rings. The topological polar surface area (TPSA) is 23.0 Å². The summed E-state index contributed by atoms with van der Waals surface area (Å²) in [5.41, 5.74) is 15.7. The number of fused-ring (bicyclic) bond motifs is 9. The van der Waals surface area contributed by atoms with Crippen LogP contribution in [0.5, 0.6) is 0 Å². The summed E-state index contributed by atoms with van der Waals surface area (Å²) in [4.78, 5) is 0. The van der Waals surface area contributed by atoms with Crippen LogP contribution in [0.15, 0.2) is 211 Å². The van der Waals surface area contributed by atoms with E-state index in [1.54, 1.807) is 0 Å². The number of hydrogen-bond acceptors (Lipinski definition) is 1. The average molecular weight is 727 g/mol. The van der Waals surface area contributed by atoms with Crippen molar-refractivity contribution in [3.05, 3.63) is 206 Å². The lowest BCUT2D eigenvalue weighted by Gasteiger charge is -2.13. The molecular weight excluding hydrogens is 693 g/mol. The van der Waals surface area contributed by atoms with Gasteiger partial charge in [0.25, 0.3) is 0 Å². The average Bonchev–Trinajstić information content (AvgIpc) is 3.94. The normalized spacial score (nSPS) is 11.9. The smallest absolute Gasteiger partial charge is 0.143 e. The largest absolute Gasteiger partial charge is 0.455 e. The zero-order chi connectivity index (χ0) is 37.5. The molecule has 3 heteroatoms. The van der Waals surface area contributed by atoms with Gasteiger partial charge in [-0.2, -0.15) is 0 Å². The van der Waals surface area contributed by atoms with Crippen LogP contribution in [0.4, 0.5) is 0 Å². The number of nitrogens with zero attached hydrogens (tertiary/aromatic N) is 2. The van der Waals surface area contributed by atoms with Crippen LogP contribution in [0.1, 0.15) is 0 Å². The summed E-state index contributed by atoms with van der Waals surface area (Å²) in [7, 11) is 0. The molecule has 3 heterocycles. The van der Waals surface area contributed by atoms with Gasteiger partial charge in [0.05, 0.1) is 22.1 Å². The zero-order valence-electron chi connectivity index (χ0n) is 30.9. The Bertz CT molecular complexity index is 3460. The highest BCUT2D eigenvalue weighted by atomic mass is 16.3. The Morgan fingerprint density at radius 1 is 0.281 bits per heavy atom. The van der Waals surface area contributed by atoms with E-state index in [-0.39, 0.29) is 0 Å². The van der Waals surface area contributed by atoms with Crippen molar-refractivity contribution >= 4 is 65.6 Å². The monoisotopic (exact) mass is 726 g/mol. The van der Waals surface area contributed by atoms with Crippen LogP contribution in [-0.4, -0.2) is 9.13 Å². The second-order valence-corrected chi connectivity index (χ2v) is 14.9. The highest BCUT2D eigenvalue weighted by Crippen LogP contribution is 2.42. The lowest BCUT2D eigenvalue weighted by atomic mass is 9.96. The Kier molecular flexibility index (Phi) is 6.93. The number of benzene rings is 9. The molecule has 266 valence electrons. The Morgan fingerprint density at radius 3 is 1.47 bits per heavy atom. The van der Waals surface area contributed by atoms with Gasteiger partial charge in [-0.1, -0.05) is 146 Å². The summed E-state index contributed by atoms with van der Waals surface area (Å²) in [5.74, 6) is 0. The summed E-state index contributed by atoms with van der Waals surface area (Å²) in [5, 5.41) is 7.16. The van der Waals surface area contributed by atoms with Gasteiger partial charge >= 0.3 is 0 Å². The molecule has 12 aromatic rings. The molecule has 3 aromatic heterocycles. The van der Waals surface area contributed by atoms with Crippen LogP contribution in [0, 0.1) is 0 Å². The number of para-hydroxylation sites is 4. The van der Waals surface area contributed by atoms with Gasteiger partial charge in [-0.25, -0.2) is 0 Å². The maximum absolute atomic E-state index is 6.71. The first-order valence-electron chi connectivity index (χ1n) is 19.5. The van der Waals surface area contributed by atoms with Gasteiger partial charge in [0, 0.05) is 49.3 Å². The maximum Gasteiger partial charge on any atom is 0.143 e. The fraction of sp³-hybridized carbons (Fsp3) is 0. The standard InChI is InChI=1S/C54H34N2O/c1-2-13-35(14-3-1)36-25-27-37(28-26-36)38-15-12-16-39(31-38)46-33-41(34-48-45-20-7-11-24-53(45)57-54(46)48)56-51-23-10-6-19-44(51)47-32-40(29-30-52(47)56)55-49-21-8-4-17-42(49)43-18-5-9-22-50(43)55/h1-34H. The van der Waals surface area contributed by atoms with Gasteiger partial charge in [-0.05, 0) is 88.5 Å². The fourth-order valence-electron chi connectivity index (χ4n) is 9.09. The summed E-state index contributed by atoms with van der Waals surface area (Å²) >= 11 is 0. The number of aromatic nitrogens is 2. The Morgan fingerprint density at radius 2 is 0.772 bits per heavy atom. The minimum absolute atomic E-state index is 0.886. The van der Waals surface area contributed by atoms with E-state index >= 15 is 0 Å². The minimum atomic E-state index is 0.886. The number of furan rings is 1. The van der Waals surface area contributed by atoms with E-state index in [0.29, 0.717) is 0 Å². The van der Waals surface area contributed by atoms with E-state index in [1.165, 1.54) is 49.3 Å². The number of rotatable bonds is 5. The molecule has 0 radical (unpaired) electrons. The van der Waals surface area contributed by atoms with E-state index in [0.717, 1.165) is 61.0 Å². The van der Waals surface area contributed by atoms with Crippen molar-refractivity contribution in [3.8, 4) is 44.8 Å². The van der Waals surface area contributed by atoms with E-state index < -0.39 is 0 Å². The summed E-state index contributed by atoms with van der Waals surface area (Å²) in [6, 6.07) is 74.4. The second kappa shape index (κ2) is 12.5. The van der Waals surface area contributed by atoms with Crippen LogP contribution in [0.3, 0.4) is 0 Å². The highest BCUT2D eigenvalue weighted by molar-refractivity contribution is 6.14. The third-order valence-electron chi connectivity index (χ3n) is 11.7. The number of hydrogen-bond donors (Lipinski definition) is 0. The summed E-state index contributed by atoms with van der Waals surface area (Å²) < 4.78 is 11.5. The SMILES string of the molecule is c1ccc(-c2ccc(-c3cccc(-c4cc(-n5c6ccccc6c6cc(-n7c8ccccc8c8ccccc87)ccc65)cc5c4oc4ccccc45)c3)cc2)cc1. The molecule has 0 saturated heterocycles. The van der Waals surface area contributed by atoms with E-state index in [1.807, 2.05) is 6.07 Å². The van der Waals surface area contributed by atoms with Crippen LogP contribution in [-0.2, 0) is 0 Å². The van der Waals surface area contributed by atoms with Gasteiger partial charge in [-0.3, -0.25) is 0 Å². The molecule has 0 amide bonds. The van der Waals surface area contributed by atoms with Crippen LogP contribution >= 0.6 is 0 Å². The molecule has 9 aromatic carbocycles. The maximum atomic E-state index is 6.71. The quantitative estimate of drug-likeness (QED) is 0.173. The van der Waals surface area contributed by atoms with Gasteiger partial charge in [0.1, 0.15) is 11.2 Å². The molecule has 0 fully saturated rings. The van der Waals surface area contributed by atoms with Crippen molar-refractivity contribution in [2.24, 2.45) is 0 Å². The molecule has 0 N–H and O–H groups in total. The summed E-state index contributed by atoms with van der Waals surface area (Å²) in [6.45, 7) is 0. The highest BCUT2D eigenvalue weighted by Gasteiger charge is 2.20. The predicted molar refractivity (Wildman–Crippen MR) is 239 cm³/mol. The third kappa shape index (κ3) is 4.92. The van der Waals surface area contributed by atoms with E-state index in [9.17, 15) is 0 Å². The molecule has 0 atom stereocenters. The first kappa shape index (κ1) is 31.7. The van der Waals surface area contributed by atoms with E-state index in [2.05, 4.69) is 209 Å². The van der Waals surface area contributed by atoms with Crippen LogP contribution in [0.2, 0.25) is 0 Å². The van der Waals surface area contributed by atoms with E-state index in [4.69, 9.17) is 4.42 Å². The molecule has 0 spiro atoms.